The number of hydrogen-bond donors (Lipinski definition) is 1. The Kier molecular flexibility index (Phi) is 12.0. The Balaban J connectivity index is 1.83. The second kappa shape index (κ2) is 16.0. The molecule has 4 aromatic rings. The summed E-state index contributed by atoms with van der Waals surface area (Å²) in [6, 6.07) is 25.1. The van der Waals surface area contributed by atoms with E-state index in [1.54, 1.807) is 19.1 Å². The van der Waals surface area contributed by atoms with Gasteiger partial charge < -0.3 is 10.2 Å². The van der Waals surface area contributed by atoms with E-state index in [9.17, 15) is 31.2 Å². The summed E-state index contributed by atoms with van der Waals surface area (Å²) in [7, 11) is -4.54. The van der Waals surface area contributed by atoms with Crippen LogP contribution in [0.3, 0.4) is 0 Å². The van der Waals surface area contributed by atoms with Gasteiger partial charge >= 0.3 is 6.18 Å². The van der Waals surface area contributed by atoms with Gasteiger partial charge in [0, 0.05) is 19.5 Å². The fourth-order valence-corrected chi connectivity index (χ4v) is 6.56. The summed E-state index contributed by atoms with van der Waals surface area (Å²) in [5.41, 5.74) is 1.83. The lowest BCUT2D eigenvalue weighted by Crippen LogP contribution is -2.53. The van der Waals surface area contributed by atoms with Gasteiger partial charge in [0.05, 0.1) is 16.1 Å². The van der Waals surface area contributed by atoms with Crippen LogP contribution in [-0.2, 0) is 38.8 Å². The van der Waals surface area contributed by atoms with Crippen molar-refractivity contribution >= 4 is 27.5 Å². The summed E-state index contributed by atoms with van der Waals surface area (Å²) in [5, 5.41) is 2.91. The molecular formula is C37H40F3N3O4S. The van der Waals surface area contributed by atoms with Gasteiger partial charge in [0.15, 0.2) is 0 Å². The first-order chi connectivity index (χ1) is 22.8. The Morgan fingerprint density at radius 3 is 2.04 bits per heavy atom. The summed E-state index contributed by atoms with van der Waals surface area (Å²) in [4.78, 5) is 29.4. The summed E-state index contributed by atoms with van der Waals surface area (Å²) in [5.74, 6) is -1.17. The highest BCUT2D eigenvalue weighted by molar-refractivity contribution is 7.92. The minimum Gasteiger partial charge on any atom is -0.354 e. The normalized spacial score (nSPS) is 12.3. The number of nitrogens with one attached hydrogen (secondary N) is 1. The molecule has 0 aliphatic rings. The molecule has 1 N–H and O–H groups in total. The average molecular weight is 680 g/mol. The van der Waals surface area contributed by atoms with Crippen molar-refractivity contribution in [1.82, 2.24) is 10.2 Å². The molecule has 0 aromatic heterocycles. The van der Waals surface area contributed by atoms with E-state index >= 15 is 0 Å². The number of hydrogen-bond acceptors (Lipinski definition) is 4. The van der Waals surface area contributed by atoms with Gasteiger partial charge in [0.25, 0.3) is 10.0 Å². The number of alkyl halides is 3. The van der Waals surface area contributed by atoms with Crippen molar-refractivity contribution in [3.8, 4) is 0 Å². The number of unbranched alkanes of at least 4 members (excludes halogenated alkanes) is 1. The number of aryl methyl sites for hydroxylation is 2. The van der Waals surface area contributed by atoms with E-state index in [1.807, 2.05) is 68.4 Å². The van der Waals surface area contributed by atoms with Crippen LogP contribution in [0.5, 0.6) is 0 Å². The highest BCUT2D eigenvalue weighted by Crippen LogP contribution is 2.33. The third kappa shape index (κ3) is 9.47. The smallest absolute Gasteiger partial charge is 0.354 e. The van der Waals surface area contributed by atoms with E-state index in [1.165, 1.54) is 23.1 Å². The first-order valence-electron chi connectivity index (χ1n) is 15.7. The molecule has 0 aliphatic carbocycles. The molecule has 11 heteroatoms. The predicted octanol–water partition coefficient (Wildman–Crippen LogP) is 7.07. The van der Waals surface area contributed by atoms with Crippen LogP contribution in [0.2, 0.25) is 0 Å². The SMILES string of the molecule is CCCCNC(=O)[C@H](Cc1ccccc1)N(Cc1ccc(C)cc1)C(=O)CN(c1cccc(C(F)(F)F)c1)S(=O)(=O)c1ccc(C)cc1. The highest BCUT2D eigenvalue weighted by Gasteiger charge is 2.36. The molecular weight excluding hydrogens is 639 g/mol. The lowest BCUT2D eigenvalue weighted by atomic mass is 10.0. The van der Waals surface area contributed by atoms with Crippen LogP contribution in [0.1, 0.15) is 47.6 Å². The maximum absolute atomic E-state index is 14.5. The van der Waals surface area contributed by atoms with Gasteiger partial charge in [-0.2, -0.15) is 13.2 Å². The molecule has 1 atom stereocenters. The van der Waals surface area contributed by atoms with Crippen LogP contribution in [0, 0.1) is 13.8 Å². The standard InChI is InChI=1S/C37H40F3N3O4S/c1-4-5-22-41-36(45)34(23-29-10-7-6-8-11-29)42(25-30-18-14-27(2)15-19-30)35(44)26-43(32-13-9-12-31(24-32)37(38,39)40)48(46,47)33-20-16-28(3)17-21-33/h6-21,24,34H,4-5,22-23,25-26H2,1-3H3,(H,41,45)/t34-/m0/s1. The molecule has 7 nitrogen and oxygen atoms in total. The number of benzene rings is 4. The van der Waals surface area contributed by atoms with Crippen molar-refractivity contribution < 1.29 is 31.2 Å². The minimum absolute atomic E-state index is 0.0428. The molecule has 0 unspecified atom stereocenters. The van der Waals surface area contributed by atoms with Crippen LogP contribution in [0.25, 0.3) is 0 Å². The van der Waals surface area contributed by atoms with Crippen molar-refractivity contribution in [3.05, 3.63) is 131 Å². The third-order valence-electron chi connectivity index (χ3n) is 7.92. The van der Waals surface area contributed by atoms with Crippen molar-refractivity contribution in [1.29, 1.82) is 0 Å². The van der Waals surface area contributed by atoms with Crippen molar-refractivity contribution in [2.75, 3.05) is 17.4 Å². The Morgan fingerprint density at radius 1 is 0.812 bits per heavy atom. The minimum atomic E-state index is -4.76. The Bertz CT molecular complexity index is 1780. The Morgan fingerprint density at radius 2 is 1.44 bits per heavy atom. The Hall–Kier alpha value is -4.64. The van der Waals surface area contributed by atoms with E-state index in [0.29, 0.717) is 28.9 Å². The second-order valence-corrected chi connectivity index (χ2v) is 13.6. The van der Waals surface area contributed by atoms with Crippen LogP contribution >= 0.6 is 0 Å². The first-order valence-corrected chi connectivity index (χ1v) is 17.2. The quantitative estimate of drug-likeness (QED) is 0.145. The van der Waals surface area contributed by atoms with E-state index in [2.05, 4.69) is 5.32 Å². The number of carbonyl (C=O) groups is 2. The molecule has 0 spiro atoms. The highest BCUT2D eigenvalue weighted by atomic mass is 32.2. The zero-order valence-corrected chi connectivity index (χ0v) is 28.0. The summed E-state index contributed by atoms with van der Waals surface area (Å²) in [6.07, 6.45) is -3.08. The zero-order valence-electron chi connectivity index (χ0n) is 27.2. The summed E-state index contributed by atoms with van der Waals surface area (Å²) in [6.45, 7) is 5.15. The lowest BCUT2D eigenvalue weighted by Gasteiger charge is -2.34. The molecule has 2 amide bonds. The number of anilines is 1. The maximum Gasteiger partial charge on any atom is 0.416 e. The third-order valence-corrected chi connectivity index (χ3v) is 9.71. The molecule has 0 aliphatic heterocycles. The number of sulfonamides is 1. The monoisotopic (exact) mass is 679 g/mol. The molecule has 254 valence electrons. The van der Waals surface area contributed by atoms with E-state index in [4.69, 9.17) is 0 Å². The maximum atomic E-state index is 14.5. The molecule has 0 saturated carbocycles. The molecule has 4 rings (SSSR count). The molecule has 0 fully saturated rings. The topological polar surface area (TPSA) is 86.8 Å². The number of halogens is 3. The van der Waals surface area contributed by atoms with Gasteiger partial charge in [-0.15, -0.1) is 0 Å². The molecule has 0 radical (unpaired) electrons. The molecule has 4 aromatic carbocycles. The molecule has 48 heavy (non-hydrogen) atoms. The molecule has 0 bridgehead atoms. The van der Waals surface area contributed by atoms with E-state index in [-0.39, 0.29) is 23.5 Å². The van der Waals surface area contributed by atoms with Crippen molar-refractivity contribution in [2.45, 2.75) is 63.7 Å². The average Bonchev–Trinajstić information content (AvgIpc) is 3.06. The predicted molar refractivity (Wildman–Crippen MR) is 181 cm³/mol. The van der Waals surface area contributed by atoms with Crippen LogP contribution in [0.15, 0.2) is 108 Å². The van der Waals surface area contributed by atoms with Crippen LogP contribution in [-0.4, -0.2) is 44.3 Å². The van der Waals surface area contributed by atoms with E-state index in [0.717, 1.165) is 35.2 Å². The second-order valence-electron chi connectivity index (χ2n) is 11.7. The zero-order chi connectivity index (χ0) is 34.9. The van der Waals surface area contributed by atoms with E-state index < -0.39 is 46.2 Å². The van der Waals surface area contributed by atoms with Crippen molar-refractivity contribution in [3.63, 3.8) is 0 Å². The lowest BCUT2D eigenvalue weighted by molar-refractivity contribution is -0.140. The van der Waals surface area contributed by atoms with Gasteiger partial charge in [0.2, 0.25) is 11.8 Å². The van der Waals surface area contributed by atoms with Gasteiger partial charge in [-0.1, -0.05) is 97.3 Å². The van der Waals surface area contributed by atoms with Gasteiger partial charge in [0.1, 0.15) is 12.6 Å². The first kappa shape index (κ1) is 36.2. The fraction of sp³-hybridized carbons (Fsp3) is 0.297. The summed E-state index contributed by atoms with van der Waals surface area (Å²) < 4.78 is 70.3. The largest absolute Gasteiger partial charge is 0.416 e. The van der Waals surface area contributed by atoms with Crippen LogP contribution in [0.4, 0.5) is 18.9 Å². The summed E-state index contributed by atoms with van der Waals surface area (Å²) >= 11 is 0. The molecule has 0 heterocycles. The van der Waals surface area contributed by atoms with Gasteiger partial charge in [-0.05, 0) is 61.7 Å². The van der Waals surface area contributed by atoms with Crippen molar-refractivity contribution in [2.24, 2.45) is 0 Å². The number of carbonyl (C=O) groups excluding carboxylic acids is 2. The molecule has 0 saturated heterocycles. The number of rotatable bonds is 14. The Labute approximate surface area is 280 Å². The number of nitrogens with zero attached hydrogens (tertiary/aromatic N) is 2. The van der Waals surface area contributed by atoms with Gasteiger partial charge in [-0.3, -0.25) is 13.9 Å². The fourth-order valence-electron chi connectivity index (χ4n) is 5.15. The number of amides is 2. The van der Waals surface area contributed by atoms with Crippen LogP contribution < -0.4 is 9.62 Å². The van der Waals surface area contributed by atoms with Gasteiger partial charge in [-0.25, -0.2) is 8.42 Å².